The number of rotatable bonds is 2. The molecule has 2 rings (SSSR count). The second-order valence-corrected chi connectivity index (χ2v) is 6.07. The molecule has 2 nitrogen and oxygen atoms in total. The lowest BCUT2D eigenvalue weighted by Crippen LogP contribution is -2.40. The van der Waals surface area contributed by atoms with Gasteiger partial charge in [-0.25, -0.2) is 0 Å². The first-order chi connectivity index (χ1) is 8.08. The second-order valence-electron chi connectivity index (χ2n) is 5.28. The van der Waals surface area contributed by atoms with Crippen LogP contribution in [0.25, 0.3) is 0 Å². The van der Waals surface area contributed by atoms with E-state index in [1.807, 2.05) is 12.1 Å². The smallest absolute Gasteiger partial charge is 0.0461 e. The van der Waals surface area contributed by atoms with Crippen LogP contribution in [0.5, 0.6) is 0 Å². The Labute approximate surface area is 112 Å². The molecule has 2 N–H and O–H groups in total. The summed E-state index contributed by atoms with van der Waals surface area (Å²) in [5.74, 6) is 0.811. The van der Waals surface area contributed by atoms with Gasteiger partial charge in [-0.05, 0) is 53.2 Å². The van der Waals surface area contributed by atoms with Crippen molar-refractivity contribution in [1.29, 1.82) is 0 Å². The van der Waals surface area contributed by atoms with Crippen LogP contribution in [-0.4, -0.2) is 17.5 Å². The van der Waals surface area contributed by atoms with Gasteiger partial charge in [-0.15, -0.1) is 0 Å². The van der Waals surface area contributed by atoms with Gasteiger partial charge < -0.3 is 5.73 Å². The summed E-state index contributed by atoms with van der Waals surface area (Å²) in [6.07, 6.45) is 2.66. The highest BCUT2D eigenvalue weighted by Gasteiger charge is 2.23. The Morgan fingerprint density at radius 3 is 2.88 bits per heavy atom. The summed E-state index contributed by atoms with van der Waals surface area (Å²) in [6.45, 7) is 6.86. The second kappa shape index (κ2) is 5.40. The lowest BCUT2D eigenvalue weighted by atomic mass is 9.94. The molecule has 1 aliphatic rings. The summed E-state index contributed by atoms with van der Waals surface area (Å²) in [5.41, 5.74) is 8.05. The quantitative estimate of drug-likeness (QED) is 0.844. The molecule has 2 atom stereocenters. The van der Waals surface area contributed by atoms with Crippen LogP contribution >= 0.6 is 15.9 Å². The summed E-state index contributed by atoms with van der Waals surface area (Å²) in [6, 6.07) is 6.81. The SMILES string of the molecule is CC1CCC(C)N(Cc2cccc(N)c2Br)C1. The fourth-order valence-electron chi connectivity index (χ4n) is 2.54. The molecule has 0 saturated carbocycles. The first-order valence-corrected chi connectivity index (χ1v) is 7.14. The van der Waals surface area contributed by atoms with Gasteiger partial charge in [0.05, 0.1) is 0 Å². The Balaban J connectivity index is 2.11. The van der Waals surface area contributed by atoms with Crippen molar-refractivity contribution in [1.82, 2.24) is 4.90 Å². The number of halogens is 1. The molecule has 3 heteroatoms. The molecule has 0 radical (unpaired) electrons. The van der Waals surface area contributed by atoms with Crippen LogP contribution in [0.3, 0.4) is 0 Å². The standard InChI is InChI=1S/C14H21BrN2/c1-10-6-7-11(2)17(8-10)9-12-4-3-5-13(16)14(12)15/h3-5,10-11H,6-9,16H2,1-2H3. The van der Waals surface area contributed by atoms with Crippen LogP contribution in [0.2, 0.25) is 0 Å². The minimum atomic E-state index is 0.680. The number of likely N-dealkylation sites (tertiary alicyclic amines) is 1. The molecule has 1 aromatic carbocycles. The van der Waals surface area contributed by atoms with E-state index in [1.165, 1.54) is 24.9 Å². The van der Waals surface area contributed by atoms with Gasteiger partial charge in [0.2, 0.25) is 0 Å². The highest BCUT2D eigenvalue weighted by atomic mass is 79.9. The highest BCUT2D eigenvalue weighted by Crippen LogP contribution is 2.28. The number of anilines is 1. The van der Waals surface area contributed by atoms with E-state index in [9.17, 15) is 0 Å². The minimum Gasteiger partial charge on any atom is -0.398 e. The lowest BCUT2D eigenvalue weighted by molar-refractivity contribution is 0.117. The van der Waals surface area contributed by atoms with Crippen molar-refractivity contribution in [2.24, 2.45) is 5.92 Å². The highest BCUT2D eigenvalue weighted by molar-refractivity contribution is 9.10. The van der Waals surface area contributed by atoms with Crippen molar-refractivity contribution >= 4 is 21.6 Å². The molecule has 0 amide bonds. The zero-order valence-corrected chi connectivity index (χ0v) is 12.2. The Hall–Kier alpha value is -0.540. The molecule has 17 heavy (non-hydrogen) atoms. The summed E-state index contributed by atoms with van der Waals surface area (Å²) in [4.78, 5) is 2.56. The van der Waals surface area contributed by atoms with E-state index in [2.05, 4.69) is 40.7 Å². The van der Waals surface area contributed by atoms with Crippen molar-refractivity contribution in [2.45, 2.75) is 39.3 Å². The van der Waals surface area contributed by atoms with E-state index in [-0.39, 0.29) is 0 Å². The third kappa shape index (κ3) is 3.02. The Bertz CT molecular complexity index is 392. The number of hydrogen-bond donors (Lipinski definition) is 1. The molecule has 1 saturated heterocycles. The number of hydrogen-bond acceptors (Lipinski definition) is 2. The van der Waals surface area contributed by atoms with Crippen LogP contribution in [0.1, 0.15) is 32.3 Å². The number of nitrogens with two attached hydrogens (primary N) is 1. The van der Waals surface area contributed by atoms with Crippen LogP contribution in [0.4, 0.5) is 5.69 Å². The topological polar surface area (TPSA) is 29.3 Å². The summed E-state index contributed by atoms with van der Waals surface area (Å²) in [5, 5.41) is 0. The van der Waals surface area contributed by atoms with Gasteiger partial charge >= 0.3 is 0 Å². The van der Waals surface area contributed by atoms with Crippen LogP contribution in [0.15, 0.2) is 22.7 Å². The predicted octanol–water partition coefficient (Wildman–Crippen LogP) is 3.65. The van der Waals surface area contributed by atoms with Gasteiger partial charge in [0.15, 0.2) is 0 Å². The van der Waals surface area contributed by atoms with Crippen molar-refractivity contribution in [3.8, 4) is 0 Å². The molecule has 94 valence electrons. The van der Waals surface area contributed by atoms with Gasteiger partial charge in [-0.3, -0.25) is 4.90 Å². The van der Waals surface area contributed by atoms with Crippen molar-refractivity contribution < 1.29 is 0 Å². The number of nitrogen functional groups attached to an aromatic ring is 1. The zero-order valence-electron chi connectivity index (χ0n) is 10.6. The van der Waals surface area contributed by atoms with Gasteiger partial charge in [-0.2, -0.15) is 0 Å². The van der Waals surface area contributed by atoms with E-state index in [0.717, 1.165) is 22.6 Å². The Morgan fingerprint density at radius 2 is 2.12 bits per heavy atom. The van der Waals surface area contributed by atoms with E-state index < -0.39 is 0 Å². The van der Waals surface area contributed by atoms with Crippen LogP contribution < -0.4 is 5.73 Å². The average Bonchev–Trinajstić information content (AvgIpc) is 2.30. The number of benzene rings is 1. The first-order valence-electron chi connectivity index (χ1n) is 6.35. The third-order valence-electron chi connectivity index (χ3n) is 3.73. The maximum Gasteiger partial charge on any atom is 0.0461 e. The molecule has 1 fully saturated rings. The van der Waals surface area contributed by atoms with Crippen LogP contribution in [-0.2, 0) is 6.54 Å². The fraction of sp³-hybridized carbons (Fsp3) is 0.571. The van der Waals surface area contributed by atoms with Crippen molar-refractivity contribution in [3.63, 3.8) is 0 Å². The van der Waals surface area contributed by atoms with Crippen LogP contribution in [0, 0.1) is 5.92 Å². The van der Waals surface area contributed by atoms with Gasteiger partial charge in [0, 0.05) is 29.3 Å². The molecule has 1 aromatic rings. The molecule has 1 aliphatic heterocycles. The summed E-state index contributed by atoms with van der Waals surface area (Å²) < 4.78 is 1.06. The molecule has 0 bridgehead atoms. The average molecular weight is 297 g/mol. The zero-order chi connectivity index (χ0) is 12.4. The molecular formula is C14H21BrN2. The minimum absolute atomic E-state index is 0.680. The monoisotopic (exact) mass is 296 g/mol. The molecular weight excluding hydrogens is 276 g/mol. The van der Waals surface area contributed by atoms with Gasteiger partial charge in [-0.1, -0.05) is 19.1 Å². The molecule has 1 heterocycles. The molecule has 0 spiro atoms. The fourth-order valence-corrected chi connectivity index (χ4v) is 2.93. The third-order valence-corrected chi connectivity index (χ3v) is 4.70. The van der Waals surface area contributed by atoms with Crippen molar-refractivity contribution in [3.05, 3.63) is 28.2 Å². The maximum atomic E-state index is 5.92. The summed E-state index contributed by atoms with van der Waals surface area (Å²) >= 11 is 3.59. The van der Waals surface area contributed by atoms with Gasteiger partial charge in [0.1, 0.15) is 0 Å². The maximum absolute atomic E-state index is 5.92. The summed E-state index contributed by atoms with van der Waals surface area (Å²) in [7, 11) is 0. The molecule has 0 aromatic heterocycles. The van der Waals surface area contributed by atoms with Gasteiger partial charge in [0.25, 0.3) is 0 Å². The Morgan fingerprint density at radius 1 is 1.35 bits per heavy atom. The first kappa shape index (κ1) is 12.9. The molecule has 2 unspecified atom stereocenters. The van der Waals surface area contributed by atoms with E-state index >= 15 is 0 Å². The van der Waals surface area contributed by atoms with E-state index in [0.29, 0.717) is 6.04 Å². The Kier molecular flexibility index (Phi) is 4.10. The lowest BCUT2D eigenvalue weighted by Gasteiger charge is -2.37. The largest absolute Gasteiger partial charge is 0.398 e. The molecule has 0 aliphatic carbocycles. The number of nitrogens with zero attached hydrogens (tertiary/aromatic N) is 1. The van der Waals surface area contributed by atoms with E-state index in [4.69, 9.17) is 5.73 Å². The van der Waals surface area contributed by atoms with Crippen molar-refractivity contribution in [2.75, 3.05) is 12.3 Å². The van der Waals surface area contributed by atoms with E-state index in [1.54, 1.807) is 0 Å². The predicted molar refractivity (Wildman–Crippen MR) is 76.8 cm³/mol. The normalized spacial score (nSPS) is 26.1. The number of piperidine rings is 1.